The molecule has 94 valence electrons. The molecule has 1 rings (SSSR count). The van der Waals surface area contributed by atoms with Crippen molar-refractivity contribution in [3.8, 4) is 0 Å². The SMILES string of the molecule is O=C1CCC(NCCOCC(F)(F)F)CN1. The monoisotopic (exact) mass is 240 g/mol. The number of hydrogen-bond acceptors (Lipinski definition) is 3. The Hall–Kier alpha value is -0.820. The molecule has 16 heavy (non-hydrogen) atoms. The lowest BCUT2D eigenvalue weighted by atomic mass is 10.1. The van der Waals surface area contributed by atoms with Gasteiger partial charge in [-0.2, -0.15) is 13.2 Å². The second kappa shape index (κ2) is 6.05. The van der Waals surface area contributed by atoms with E-state index in [1.165, 1.54) is 0 Å². The van der Waals surface area contributed by atoms with Crippen molar-refractivity contribution in [1.29, 1.82) is 0 Å². The molecule has 4 nitrogen and oxygen atoms in total. The Morgan fingerprint density at radius 1 is 1.50 bits per heavy atom. The highest BCUT2D eigenvalue weighted by molar-refractivity contribution is 5.76. The third kappa shape index (κ3) is 5.92. The highest BCUT2D eigenvalue weighted by atomic mass is 19.4. The predicted octanol–water partition coefficient (Wildman–Crippen LogP) is 0.433. The molecule has 1 amide bonds. The Morgan fingerprint density at radius 2 is 2.25 bits per heavy atom. The highest BCUT2D eigenvalue weighted by Gasteiger charge is 2.27. The van der Waals surface area contributed by atoms with E-state index in [0.29, 0.717) is 25.9 Å². The highest BCUT2D eigenvalue weighted by Crippen LogP contribution is 2.14. The number of nitrogens with one attached hydrogen (secondary N) is 2. The Labute approximate surface area is 91.5 Å². The molecular weight excluding hydrogens is 225 g/mol. The van der Waals surface area contributed by atoms with Gasteiger partial charge in [0.15, 0.2) is 0 Å². The van der Waals surface area contributed by atoms with Crippen molar-refractivity contribution in [3.05, 3.63) is 0 Å². The van der Waals surface area contributed by atoms with Crippen molar-refractivity contribution in [2.75, 3.05) is 26.3 Å². The van der Waals surface area contributed by atoms with Gasteiger partial charge < -0.3 is 15.4 Å². The van der Waals surface area contributed by atoms with Crippen LogP contribution in [0.2, 0.25) is 0 Å². The minimum Gasteiger partial charge on any atom is -0.371 e. The quantitative estimate of drug-likeness (QED) is 0.685. The number of carbonyl (C=O) groups is 1. The fraction of sp³-hybridized carbons (Fsp3) is 0.889. The molecule has 0 bridgehead atoms. The summed E-state index contributed by atoms with van der Waals surface area (Å²) in [5.74, 6) is 0.0198. The summed E-state index contributed by atoms with van der Waals surface area (Å²) in [6.07, 6.45) is -3.09. The van der Waals surface area contributed by atoms with Gasteiger partial charge >= 0.3 is 6.18 Å². The number of hydrogen-bond donors (Lipinski definition) is 2. The molecule has 0 aromatic rings. The van der Waals surface area contributed by atoms with Gasteiger partial charge in [-0.1, -0.05) is 0 Å². The van der Waals surface area contributed by atoms with Crippen molar-refractivity contribution in [2.45, 2.75) is 25.1 Å². The fourth-order valence-corrected chi connectivity index (χ4v) is 1.43. The van der Waals surface area contributed by atoms with Gasteiger partial charge in [0.2, 0.25) is 5.91 Å². The molecule has 0 aromatic heterocycles. The summed E-state index contributed by atoms with van der Waals surface area (Å²) in [5, 5.41) is 5.70. The Kier molecular flexibility index (Phi) is 5.01. The summed E-state index contributed by atoms with van der Waals surface area (Å²) < 4.78 is 39.5. The van der Waals surface area contributed by atoms with Crippen LogP contribution in [0.25, 0.3) is 0 Å². The number of halogens is 3. The maximum Gasteiger partial charge on any atom is 0.411 e. The summed E-state index contributed by atoms with van der Waals surface area (Å²) >= 11 is 0. The van der Waals surface area contributed by atoms with Crippen LogP contribution in [0.5, 0.6) is 0 Å². The standard InChI is InChI=1S/C9H15F3N2O2/c10-9(11,12)6-16-4-3-13-7-1-2-8(15)14-5-7/h7,13H,1-6H2,(H,14,15). The van der Waals surface area contributed by atoms with Gasteiger partial charge in [-0.15, -0.1) is 0 Å². The zero-order valence-electron chi connectivity index (χ0n) is 8.77. The summed E-state index contributed by atoms with van der Waals surface area (Å²) in [4.78, 5) is 10.8. The molecule has 2 N–H and O–H groups in total. The van der Waals surface area contributed by atoms with E-state index in [0.717, 1.165) is 0 Å². The molecule has 1 aliphatic rings. The number of ether oxygens (including phenoxy) is 1. The molecule has 7 heteroatoms. The second-order valence-electron chi connectivity index (χ2n) is 3.66. The summed E-state index contributed by atoms with van der Waals surface area (Å²) in [6.45, 7) is -0.311. The van der Waals surface area contributed by atoms with Crippen LogP contribution in [0.3, 0.4) is 0 Å². The summed E-state index contributed by atoms with van der Waals surface area (Å²) in [7, 11) is 0. The normalized spacial score (nSPS) is 21.9. The van der Waals surface area contributed by atoms with E-state index in [2.05, 4.69) is 15.4 Å². The predicted molar refractivity (Wildman–Crippen MR) is 50.9 cm³/mol. The molecule has 1 atom stereocenters. The molecule has 0 spiro atoms. The maximum atomic E-state index is 11.7. The second-order valence-corrected chi connectivity index (χ2v) is 3.66. The van der Waals surface area contributed by atoms with E-state index < -0.39 is 12.8 Å². The number of piperidine rings is 1. The fourth-order valence-electron chi connectivity index (χ4n) is 1.43. The van der Waals surface area contributed by atoms with Crippen molar-refractivity contribution in [1.82, 2.24) is 10.6 Å². The number of rotatable bonds is 5. The van der Waals surface area contributed by atoms with Crippen LogP contribution in [0.4, 0.5) is 13.2 Å². The minimum absolute atomic E-state index is 0.0178. The van der Waals surface area contributed by atoms with Crippen molar-refractivity contribution < 1.29 is 22.7 Å². The van der Waals surface area contributed by atoms with Crippen molar-refractivity contribution in [3.63, 3.8) is 0 Å². The van der Waals surface area contributed by atoms with Crippen LogP contribution < -0.4 is 10.6 Å². The first kappa shape index (κ1) is 13.2. The van der Waals surface area contributed by atoms with Gasteiger partial charge in [-0.3, -0.25) is 4.79 Å². The lowest BCUT2D eigenvalue weighted by molar-refractivity contribution is -0.173. The van der Waals surface area contributed by atoms with Gasteiger partial charge in [-0.25, -0.2) is 0 Å². The van der Waals surface area contributed by atoms with E-state index in [1.54, 1.807) is 0 Å². The molecule has 1 saturated heterocycles. The van der Waals surface area contributed by atoms with Gasteiger partial charge in [0.05, 0.1) is 6.61 Å². The average Bonchev–Trinajstić information content (AvgIpc) is 2.19. The third-order valence-electron chi connectivity index (χ3n) is 2.21. The minimum atomic E-state index is -4.27. The maximum absolute atomic E-state index is 11.7. The van der Waals surface area contributed by atoms with E-state index in [-0.39, 0.29) is 18.6 Å². The Morgan fingerprint density at radius 3 is 2.81 bits per heavy atom. The largest absolute Gasteiger partial charge is 0.411 e. The number of carbonyl (C=O) groups excluding carboxylic acids is 1. The zero-order chi connectivity index (χ0) is 12.0. The van der Waals surface area contributed by atoms with Crippen LogP contribution in [-0.4, -0.2) is 44.4 Å². The molecular formula is C9H15F3N2O2. The van der Waals surface area contributed by atoms with Crippen LogP contribution >= 0.6 is 0 Å². The van der Waals surface area contributed by atoms with Crippen LogP contribution in [-0.2, 0) is 9.53 Å². The third-order valence-corrected chi connectivity index (χ3v) is 2.21. The zero-order valence-corrected chi connectivity index (χ0v) is 8.77. The first-order valence-corrected chi connectivity index (χ1v) is 5.12. The van der Waals surface area contributed by atoms with Gasteiger partial charge in [0.25, 0.3) is 0 Å². The molecule has 0 saturated carbocycles. The number of alkyl halides is 3. The number of amides is 1. The van der Waals surface area contributed by atoms with E-state index in [9.17, 15) is 18.0 Å². The lowest BCUT2D eigenvalue weighted by Gasteiger charge is -2.23. The van der Waals surface area contributed by atoms with Gasteiger partial charge in [-0.05, 0) is 6.42 Å². The molecule has 0 aliphatic carbocycles. The Bertz CT molecular complexity index is 223. The van der Waals surface area contributed by atoms with Crippen LogP contribution in [0, 0.1) is 0 Å². The molecule has 1 unspecified atom stereocenters. The smallest absolute Gasteiger partial charge is 0.371 e. The Balaban J connectivity index is 1.97. The van der Waals surface area contributed by atoms with Gasteiger partial charge in [0, 0.05) is 25.6 Å². The van der Waals surface area contributed by atoms with E-state index >= 15 is 0 Å². The average molecular weight is 240 g/mol. The van der Waals surface area contributed by atoms with Gasteiger partial charge in [0.1, 0.15) is 6.61 Å². The molecule has 1 aliphatic heterocycles. The lowest BCUT2D eigenvalue weighted by Crippen LogP contribution is -2.46. The molecule has 0 aromatic carbocycles. The van der Waals surface area contributed by atoms with Crippen LogP contribution in [0.15, 0.2) is 0 Å². The summed E-state index contributed by atoms with van der Waals surface area (Å²) in [6, 6.07) is 0.132. The van der Waals surface area contributed by atoms with E-state index in [4.69, 9.17) is 0 Å². The first-order valence-electron chi connectivity index (χ1n) is 5.12. The van der Waals surface area contributed by atoms with E-state index in [1.807, 2.05) is 0 Å². The molecule has 1 fully saturated rings. The first-order chi connectivity index (χ1) is 7.47. The summed E-state index contributed by atoms with van der Waals surface area (Å²) in [5.41, 5.74) is 0. The van der Waals surface area contributed by atoms with Crippen molar-refractivity contribution >= 4 is 5.91 Å². The molecule has 0 radical (unpaired) electrons. The van der Waals surface area contributed by atoms with Crippen molar-refractivity contribution in [2.24, 2.45) is 0 Å². The molecule has 1 heterocycles. The topological polar surface area (TPSA) is 50.4 Å². The van der Waals surface area contributed by atoms with Crippen LogP contribution in [0.1, 0.15) is 12.8 Å².